The van der Waals surface area contributed by atoms with Crippen molar-refractivity contribution in [2.75, 3.05) is 5.75 Å². The fraction of sp³-hybridized carbons (Fsp3) is 0.292. The van der Waals surface area contributed by atoms with E-state index in [1.807, 2.05) is 67.3 Å². The molecule has 3 aromatic rings. The number of nitrogens with zero attached hydrogens (tertiary/aromatic N) is 1. The average molecular weight is 426 g/mol. The van der Waals surface area contributed by atoms with Crippen molar-refractivity contribution in [1.82, 2.24) is 4.90 Å². The van der Waals surface area contributed by atoms with E-state index in [1.54, 1.807) is 18.2 Å². The minimum atomic E-state index is -3.60. The molecule has 0 spiro atoms. The van der Waals surface area contributed by atoms with Crippen LogP contribution in [0.1, 0.15) is 43.1 Å². The molecule has 1 atom stereocenters. The molecule has 0 fully saturated rings. The summed E-state index contributed by atoms with van der Waals surface area (Å²) in [6.45, 7) is 5.95. The Bertz CT molecular complexity index is 1140. The van der Waals surface area contributed by atoms with Gasteiger partial charge in [0.1, 0.15) is 5.75 Å². The molecular formula is C24H27NO4S. The number of fused-ring (bicyclic) bond motifs is 1. The Morgan fingerprint density at radius 2 is 1.70 bits per heavy atom. The van der Waals surface area contributed by atoms with Gasteiger partial charge in [0.15, 0.2) is 0 Å². The van der Waals surface area contributed by atoms with Gasteiger partial charge < -0.3 is 9.08 Å². The number of hydrogen-bond acceptors (Lipinski definition) is 4. The highest BCUT2D eigenvalue weighted by Crippen LogP contribution is 2.22. The maximum atomic E-state index is 13.4. The van der Waals surface area contributed by atoms with Gasteiger partial charge >= 0.3 is 10.1 Å². The first-order valence-corrected chi connectivity index (χ1v) is 11.7. The van der Waals surface area contributed by atoms with Crippen LogP contribution in [0.3, 0.4) is 0 Å². The van der Waals surface area contributed by atoms with Crippen LogP contribution < -0.4 is 4.18 Å². The molecule has 0 N–H and O–H groups in total. The molecule has 0 bridgehead atoms. The zero-order valence-electron chi connectivity index (χ0n) is 17.5. The second kappa shape index (κ2) is 9.30. The summed E-state index contributed by atoms with van der Waals surface area (Å²) >= 11 is 0. The molecule has 158 valence electrons. The first-order chi connectivity index (χ1) is 14.3. The standard InChI is InChI=1S/C24H27NO4S/c1-4-18(3)25(17-19-9-8-12-23(15-19)29-30(27,28)5-2)24(26)22-14-13-20-10-6-7-11-21(20)16-22/h6-16,18H,4-5,17H2,1-3H3/t18-/m0/s1. The van der Waals surface area contributed by atoms with Crippen LogP contribution in [0.5, 0.6) is 5.75 Å². The highest BCUT2D eigenvalue weighted by Gasteiger charge is 2.21. The number of benzene rings is 3. The predicted octanol–water partition coefficient (Wildman–Crippen LogP) is 5.01. The lowest BCUT2D eigenvalue weighted by Gasteiger charge is -2.29. The van der Waals surface area contributed by atoms with Gasteiger partial charge in [0.2, 0.25) is 0 Å². The third-order valence-electron chi connectivity index (χ3n) is 5.21. The summed E-state index contributed by atoms with van der Waals surface area (Å²) in [5.74, 6) is 0.107. The van der Waals surface area contributed by atoms with Gasteiger partial charge in [-0.15, -0.1) is 0 Å². The van der Waals surface area contributed by atoms with Crippen LogP contribution in [-0.4, -0.2) is 31.0 Å². The summed E-state index contributed by atoms with van der Waals surface area (Å²) in [7, 11) is -3.60. The van der Waals surface area contributed by atoms with E-state index in [0.29, 0.717) is 12.1 Å². The lowest BCUT2D eigenvalue weighted by Crippen LogP contribution is -2.37. The molecule has 3 rings (SSSR count). The number of carbonyl (C=O) groups is 1. The molecule has 0 aromatic heterocycles. The van der Waals surface area contributed by atoms with Gasteiger partial charge in [-0.2, -0.15) is 8.42 Å². The maximum Gasteiger partial charge on any atom is 0.308 e. The largest absolute Gasteiger partial charge is 0.382 e. The Morgan fingerprint density at radius 1 is 0.967 bits per heavy atom. The van der Waals surface area contributed by atoms with E-state index in [-0.39, 0.29) is 23.5 Å². The predicted molar refractivity (Wildman–Crippen MR) is 120 cm³/mol. The zero-order chi connectivity index (χ0) is 21.7. The van der Waals surface area contributed by atoms with Crippen LogP contribution in [0.15, 0.2) is 66.7 Å². The van der Waals surface area contributed by atoms with Gasteiger partial charge in [-0.25, -0.2) is 0 Å². The number of carbonyl (C=O) groups excluding carboxylic acids is 1. The second-order valence-electron chi connectivity index (χ2n) is 7.33. The highest BCUT2D eigenvalue weighted by molar-refractivity contribution is 7.87. The van der Waals surface area contributed by atoms with E-state index in [9.17, 15) is 13.2 Å². The Kier molecular flexibility index (Phi) is 6.77. The molecule has 0 saturated heterocycles. The zero-order valence-corrected chi connectivity index (χ0v) is 18.4. The topological polar surface area (TPSA) is 63.7 Å². The van der Waals surface area contributed by atoms with Gasteiger partial charge in [0.05, 0.1) is 5.75 Å². The fourth-order valence-electron chi connectivity index (χ4n) is 3.23. The van der Waals surface area contributed by atoms with E-state index >= 15 is 0 Å². The Balaban J connectivity index is 1.88. The summed E-state index contributed by atoms with van der Waals surface area (Å²) < 4.78 is 28.7. The molecule has 3 aromatic carbocycles. The lowest BCUT2D eigenvalue weighted by molar-refractivity contribution is 0.0671. The molecule has 30 heavy (non-hydrogen) atoms. The molecule has 0 unspecified atom stereocenters. The van der Waals surface area contributed by atoms with Crippen LogP contribution >= 0.6 is 0 Å². The molecule has 0 heterocycles. The van der Waals surface area contributed by atoms with Crippen LogP contribution in [0.25, 0.3) is 10.8 Å². The summed E-state index contributed by atoms with van der Waals surface area (Å²) in [6.07, 6.45) is 0.805. The number of rotatable bonds is 8. The number of hydrogen-bond donors (Lipinski definition) is 0. The average Bonchev–Trinajstić information content (AvgIpc) is 2.76. The van der Waals surface area contributed by atoms with E-state index in [0.717, 1.165) is 22.8 Å². The van der Waals surface area contributed by atoms with Gasteiger partial charge in [0.25, 0.3) is 5.91 Å². The normalized spacial score (nSPS) is 12.5. The summed E-state index contributed by atoms with van der Waals surface area (Å²) in [6, 6.07) is 20.6. The van der Waals surface area contributed by atoms with Crippen LogP contribution in [0.2, 0.25) is 0 Å². The molecule has 1 amide bonds. The first-order valence-electron chi connectivity index (χ1n) is 10.1. The lowest BCUT2D eigenvalue weighted by atomic mass is 10.0. The minimum absolute atomic E-state index is 0.0212. The van der Waals surface area contributed by atoms with Crippen molar-refractivity contribution in [3.8, 4) is 5.75 Å². The van der Waals surface area contributed by atoms with Crippen molar-refractivity contribution in [1.29, 1.82) is 0 Å². The van der Waals surface area contributed by atoms with Crippen LogP contribution in [0.4, 0.5) is 0 Å². The fourth-order valence-corrected chi connectivity index (χ4v) is 3.75. The SMILES string of the molecule is CC[C@H](C)N(Cc1cccc(OS(=O)(=O)CC)c1)C(=O)c1ccc2ccccc2c1. The van der Waals surface area contributed by atoms with Gasteiger partial charge in [-0.1, -0.05) is 49.4 Å². The van der Waals surface area contributed by atoms with Crippen molar-refractivity contribution in [2.45, 2.75) is 39.8 Å². The molecule has 0 aliphatic carbocycles. The van der Waals surface area contributed by atoms with E-state index in [2.05, 4.69) is 0 Å². The van der Waals surface area contributed by atoms with Crippen molar-refractivity contribution >= 4 is 26.8 Å². The smallest absolute Gasteiger partial charge is 0.308 e. The summed E-state index contributed by atoms with van der Waals surface area (Å²) in [5, 5.41) is 2.11. The Morgan fingerprint density at radius 3 is 2.40 bits per heavy atom. The van der Waals surface area contributed by atoms with Crippen molar-refractivity contribution in [2.24, 2.45) is 0 Å². The second-order valence-corrected chi connectivity index (χ2v) is 9.19. The quantitative estimate of drug-likeness (QED) is 0.476. The molecular weight excluding hydrogens is 398 g/mol. The van der Waals surface area contributed by atoms with E-state index in [4.69, 9.17) is 4.18 Å². The molecule has 5 nitrogen and oxygen atoms in total. The molecule has 6 heteroatoms. The van der Waals surface area contributed by atoms with Gasteiger partial charge in [-0.05, 0) is 60.9 Å². The summed E-state index contributed by atoms with van der Waals surface area (Å²) in [4.78, 5) is 15.2. The monoisotopic (exact) mass is 425 g/mol. The molecule has 0 aliphatic heterocycles. The maximum absolute atomic E-state index is 13.4. The molecule has 0 aliphatic rings. The van der Waals surface area contributed by atoms with Gasteiger partial charge in [-0.3, -0.25) is 4.79 Å². The number of amides is 1. The third kappa shape index (κ3) is 5.19. The molecule has 0 radical (unpaired) electrons. The van der Waals surface area contributed by atoms with E-state index < -0.39 is 10.1 Å². The van der Waals surface area contributed by atoms with Crippen LogP contribution in [-0.2, 0) is 16.7 Å². The third-order valence-corrected chi connectivity index (χ3v) is 6.36. The van der Waals surface area contributed by atoms with Crippen molar-refractivity contribution in [3.05, 3.63) is 77.9 Å². The summed E-state index contributed by atoms with van der Waals surface area (Å²) in [5.41, 5.74) is 1.45. The Hall–Kier alpha value is -2.86. The van der Waals surface area contributed by atoms with Crippen molar-refractivity contribution < 1.29 is 17.4 Å². The minimum Gasteiger partial charge on any atom is -0.382 e. The Labute approximate surface area is 178 Å². The van der Waals surface area contributed by atoms with Gasteiger partial charge in [0, 0.05) is 18.2 Å². The van der Waals surface area contributed by atoms with Crippen LogP contribution in [0, 0.1) is 0 Å². The highest BCUT2D eigenvalue weighted by atomic mass is 32.2. The van der Waals surface area contributed by atoms with E-state index in [1.165, 1.54) is 6.92 Å². The molecule has 0 saturated carbocycles. The first kappa shape index (κ1) is 21.8. The van der Waals surface area contributed by atoms with Crippen molar-refractivity contribution in [3.63, 3.8) is 0 Å².